The highest BCUT2D eigenvalue weighted by molar-refractivity contribution is 5.46. The maximum Gasteiger partial charge on any atom is 0.207 e. The Morgan fingerprint density at radius 3 is 3.12 bits per heavy atom. The zero-order valence-electron chi connectivity index (χ0n) is 4.59. The van der Waals surface area contributed by atoms with Gasteiger partial charge in [-0.05, 0) is 6.42 Å². The average Bonchev–Trinajstić information content (AvgIpc) is 2.19. The SMILES string of the molecule is O=CNC1CCOC1. The van der Waals surface area contributed by atoms with Crippen LogP contribution in [0.15, 0.2) is 0 Å². The summed E-state index contributed by atoms with van der Waals surface area (Å²) in [6, 6.07) is 0.271. The standard InChI is InChI=1S/C5H9NO2/c7-4-6-5-1-2-8-3-5/h4-5H,1-3H2,(H,6,7). The molecule has 3 nitrogen and oxygen atoms in total. The lowest BCUT2D eigenvalue weighted by Crippen LogP contribution is -2.27. The largest absolute Gasteiger partial charge is 0.379 e. The molecule has 1 unspecified atom stereocenters. The Balaban J connectivity index is 2.14. The first-order valence-electron chi connectivity index (χ1n) is 2.71. The van der Waals surface area contributed by atoms with E-state index < -0.39 is 0 Å². The van der Waals surface area contributed by atoms with Crippen LogP contribution in [-0.4, -0.2) is 25.7 Å². The maximum atomic E-state index is 9.79. The van der Waals surface area contributed by atoms with Gasteiger partial charge >= 0.3 is 0 Å². The van der Waals surface area contributed by atoms with E-state index in [1.54, 1.807) is 0 Å². The van der Waals surface area contributed by atoms with Gasteiger partial charge in [0.1, 0.15) is 0 Å². The van der Waals surface area contributed by atoms with Crippen LogP contribution in [0.2, 0.25) is 0 Å². The fraction of sp³-hybridized carbons (Fsp3) is 0.800. The fourth-order valence-corrected chi connectivity index (χ4v) is 0.762. The molecule has 0 saturated carbocycles. The predicted molar refractivity (Wildman–Crippen MR) is 28.4 cm³/mol. The lowest BCUT2D eigenvalue weighted by atomic mass is 10.3. The zero-order valence-corrected chi connectivity index (χ0v) is 4.59. The molecule has 1 saturated heterocycles. The van der Waals surface area contributed by atoms with Crippen molar-refractivity contribution in [1.29, 1.82) is 0 Å². The number of nitrogens with one attached hydrogen (secondary N) is 1. The molecule has 0 aliphatic carbocycles. The van der Waals surface area contributed by atoms with Crippen LogP contribution in [0.1, 0.15) is 6.42 Å². The molecule has 0 aromatic heterocycles. The van der Waals surface area contributed by atoms with Crippen LogP contribution >= 0.6 is 0 Å². The Bertz CT molecular complexity index is 78.5. The third-order valence-corrected chi connectivity index (χ3v) is 1.23. The van der Waals surface area contributed by atoms with Crippen LogP contribution < -0.4 is 5.32 Å². The summed E-state index contributed by atoms with van der Waals surface area (Å²) in [5.41, 5.74) is 0. The van der Waals surface area contributed by atoms with Gasteiger partial charge in [-0.25, -0.2) is 0 Å². The maximum absolute atomic E-state index is 9.79. The minimum atomic E-state index is 0.271. The molecule has 1 aliphatic heterocycles. The van der Waals surface area contributed by atoms with Gasteiger partial charge in [0.15, 0.2) is 0 Å². The first kappa shape index (κ1) is 5.56. The summed E-state index contributed by atoms with van der Waals surface area (Å²) >= 11 is 0. The molecule has 0 aromatic rings. The second kappa shape index (κ2) is 2.67. The van der Waals surface area contributed by atoms with Crippen LogP contribution in [0.25, 0.3) is 0 Å². The van der Waals surface area contributed by atoms with E-state index in [1.807, 2.05) is 0 Å². The molecule has 1 rings (SSSR count). The van der Waals surface area contributed by atoms with E-state index in [9.17, 15) is 4.79 Å². The Kier molecular flexibility index (Phi) is 1.86. The molecule has 46 valence electrons. The molecular formula is C5H9NO2. The summed E-state index contributed by atoms with van der Waals surface area (Å²) in [6.45, 7) is 1.46. The Labute approximate surface area is 48.0 Å². The first-order chi connectivity index (χ1) is 3.93. The van der Waals surface area contributed by atoms with E-state index in [0.717, 1.165) is 19.4 Å². The van der Waals surface area contributed by atoms with Gasteiger partial charge in [0.25, 0.3) is 0 Å². The molecule has 3 heteroatoms. The number of rotatable bonds is 2. The fourth-order valence-electron chi connectivity index (χ4n) is 0.762. The summed E-state index contributed by atoms with van der Waals surface area (Å²) in [5.74, 6) is 0. The molecule has 0 radical (unpaired) electrons. The van der Waals surface area contributed by atoms with E-state index in [-0.39, 0.29) is 6.04 Å². The Morgan fingerprint density at radius 1 is 1.75 bits per heavy atom. The van der Waals surface area contributed by atoms with Crippen LogP contribution in [0.4, 0.5) is 0 Å². The molecule has 0 aromatic carbocycles. The van der Waals surface area contributed by atoms with Gasteiger partial charge in [-0.15, -0.1) is 0 Å². The summed E-state index contributed by atoms with van der Waals surface area (Å²) in [5, 5.41) is 2.64. The lowest BCUT2D eigenvalue weighted by molar-refractivity contribution is -0.110. The molecule has 0 spiro atoms. The van der Waals surface area contributed by atoms with Crippen molar-refractivity contribution < 1.29 is 9.53 Å². The number of amides is 1. The first-order valence-corrected chi connectivity index (χ1v) is 2.71. The molecule has 1 amide bonds. The van der Waals surface area contributed by atoms with Crippen molar-refractivity contribution in [3.63, 3.8) is 0 Å². The summed E-state index contributed by atoms with van der Waals surface area (Å²) < 4.78 is 4.99. The molecule has 0 bridgehead atoms. The normalized spacial score (nSPS) is 27.8. The highest BCUT2D eigenvalue weighted by atomic mass is 16.5. The van der Waals surface area contributed by atoms with Crippen molar-refractivity contribution in [3.8, 4) is 0 Å². The van der Waals surface area contributed by atoms with Crippen LogP contribution in [0, 0.1) is 0 Å². The van der Waals surface area contributed by atoms with Crippen molar-refractivity contribution in [3.05, 3.63) is 0 Å². The molecule has 1 fully saturated rings. The van der Waals surface area contributed by atoms with Crippen molar-refractivity contribution in [2.45, 2.75) is 12.5 Å². The van der Waals surface area contributed by atoms with Gasteiger partial charge in [-0.3, -0.25) is 4.79 Å². The molecule has 1 atom stereocenters. The van der Waals surface area contributed by atoms with E-state index in [4.69, 9.17) is 4.74 Å². The third-order valence-electron chi connectivity index (χ3n) is 1.23. The molecule has 8 heavy (non-hydrogen) atoms. The smallest absolute Gasteiger partial charge is 0.207 e. The van der Waals surface area contributed by atoms with Crippen LogP contribution in [0.5, 0.6) is 0 Å². The van der Waals surface area contributed by atoms with Crippen LogP contribution in [0.3, 0.4) is 0 Å². The molecule has 1 heterocycles. The van der Waals surface area contributed by atoms with Gasteiger partial charge in [0.2, 0.25) is 6.41 Å². The second-order valence-corrected chi connectivity index (χ2v) is 1.85. The molecule has 1 N–H and O–H groups in total. The topological polar surface area (TPSA) is 38.3 Å². The number of hydrogen-bond donors (Lipinski definition) is 1. The highest BCUT2D eigenvalue weighted by Gasteiger charge is 2.12. The summed E-state index contributed by atoms with van der Waals surface area (Å²) in [7, 11) is 0. The predicted octanol–water partition coefficient (Wildman–Crippen LogP) is -0.479. The minimum Gasteiger partial charge on any atom is -0.379 e. The quantitative estimate of drug-likeness (QED) is 0.494. The summed E-state index contributed by atoms with van der Waals surface area (Å²) in [4.78, 5) is 9.79. The zero-order chi connectivity index (χ0) is 5.82. The van der Waals surface area contributed by atoms with Crippen LogP contribution in [-0.2, 0) is 9.53 Å². The van der Waals surface area contributed by atoms with Gasteiger partial charge in [0, 0.05) is 6.61 Å². The number of carbonyl (C=O) groups excluding carboxylic acids is 1. The Morgan fingerprint density at radius 2 is 2.62 bits per heavy atom. The Hall–Kier alpha value is -0.570. The van der Waals surface area contributed by atoms with E-state index in [2.05, 4.69) is 5.32 Å². The van der Waals surface area contributed by atoms with Gasteiger partial charge in [-0.1, -0.05) is 0 Å². The van der Waals surface area contributed by atoms with Crippen molar-refractivity contribution in [2.24, 2.45) is 0 Å². The third kappa shape index (κ3) is 1.20. The van der Waals surface area contributed by atoms with Crippen molar-refractivity contribution in [1.82, 2.24) is 5.32 Å². The highest BCUT2D eigenvalue weighted by Crippen LogP contribution is 2.01. The van der Waals surface area contributed by atoms with E-state index >= 15 is 0 Å². The van der Waals surface area contributed by atoms with Gasteiger partial charge in [0.05, 0.1) is 12.6 Å². The monoisotopic (exact) mass is 115 g/mol. The minimum absolute atomic E-state index is 0.271. The van der Waals surface area contributed by atoms with Gasteiger partial charge < -0.3 is 10.1 Å². The van der Waals surface area contributed by atoms with E-state index in [1.165, 1.54) is 0 Å². The van der Waals surface area contributed by atoms with Crippen molar-refractivity contribution >= 4 is 6.41 Å². The molecular weight excluding hydrogens is 106 g/mol. The van der Waals surface area contributed by atoms with Gasteiger partial charge in [-0.2, -0.15) is 0 Å². The number of ether oxygens (including phenoxy) is 1. The number of hydrogen-bond acceptors (Lipinski definition) is 2. The molecule has 1 aliphatic rings. The van der Waals surface area contributed by atoms with E-state index in [0.29, 0.717) is 6.61 Å². The summed E-state index contributed by atoms with van der Waals surface area (Å²) in [6.07, 6.45) is 1.68. The number of carbonyl (C=O) groups is 1. The van der Waals surface area contributed by atoms with Crippen molar-refractivity contribution in [2.75, 3.05) is 13.2 Å². The second-order valence-electron chi connectivity index (χ2n) is 1.85. The lowest BCUT2D eigenvalue weighted by Gasteiger charge is -2.01. The average molecular weight is 115 g/mol.